The fraction of sp³-hybridized carbons (Fsp3) is 0.935. The maximum absolute atomic E-state index is 11.6. The number of esters is 1. The fourth-order valence-electron chi connectivity index (χ4n) is 7.33. The van der Waals surface area contributed by atoms with Gasteiger partial charge < -0.3 is 81.1 Å². The monoisotopic (exact) mass is 1170 g/mol. The molecule has 0 rings (SSSR count). The Bertz CT molecular complexity index is 1240. The predicted molar refractivity (Wildman–Crippen MR) is 318 cm³/mol. The molecule has 1 amide bonds. The van der Waals surface area contributed by atoms with Crippen LogP contribution < -0.4 is 5.32 Å². The zero-order valence-corrected chi connectivity index (χ0v) is 51.7. The summed E-state index contributed by atoms with van der Waals surface area (Å²) in [6, 6.07) is 0. The molecule has 0 aromatic carbocycles. The summed E-state index contributed by atoms with van der Waals surface area (Å²) in [6.45, 7) is 27.8. The summed E-state index contributed by atoms with van der Waals surface area (Å²) in [4.78, 5) is 22.9. The molecule has 0 bridgehead atoms. The fourth-order valence-corrected chi connectivity index (χ4v) is 7.33. The van der Waals surface area contributed by atoms with Crippen LogP contribution in [0.15, 0.2) is 12.2 Å². The molecule has 0 saturated heterocycles. The number of carbonyl (C=O) groups excluding carboxylic acids is 2. The van der Waals surface area contributed by atoms with Gasteiger partial charge >= 0.3 is 12.1 Å². The summed E-state index contributed by atoms with van der Waals surface area (Å²) in [5.74, 6) is -0.325. The normalized spacial score (nSPS) is 11.5. The molecule has 0 radical (unpaired) electrons. The van der Waals surface area contributed by atoms with Crippen LogP contribution in [0.25, 0.3) is 0 Å². The van der Waals surface area contributed by atoms with Gasteiger partial charge in [-0.1, -0.05) is 39.2 Å². The lowest BCUT2D eigenvalue weighted by Crippen LogP contribution is -2.26. The Morgan fingerprint density at radius 2 is 0.469 bits per heavy atom. The molecule has 0 fully saturated rings. The van der Waals surface area contributed by atoms with E-state index in [2.05, 4.69) is 18.8 Å². The Morgan fingerprint density at radius 3 is 0.716 bits per heavy atom. The first-order valence-electron chi connectivity index (χ1n) is 31.9. The highest BCUT2D eigenvalue weighted by atomic mass is 16.6. The van der Waals surface area contributed by atoms with Crippen molar-refractivity contribution in [2.75, 3.05) is 205 Å². The molecule has 19 heteroatoms. The molecule has 0 atom stereocenters. The number of carbonyl (C=O) groups is 2. The topological polar surface area (TPSA) is 194 Å². The average Bonchev–Trinajstić information content (AvgIpc) is 3.46. The first-order valence-corrected chi connectivity index (χ1v) is 31.9. The van der Waals surface area contributed by atoms with Gasteiger partial charge in [-0.2, -0.15) is 0 Å². The number of ether oxygens (including phenoxy) is 16. The van der Waals surface area contributed by atoms with Gasteiger partial charge in [0.2, 0.25) is 0 Å². The molecule has 0 aromatic rings. The number of alkyl carbamates (subject to hydrolysis) is 1. The largest absolute Gasteiger partial charge is 0.462 e. The number of rotatable bonds is 72. The Hall–Kier alpha value is -2.08. The van der Waals surface area contributed by atoms with E-state index < -0.39 is 0 Å². The van der Waals surface area contributed by atoms with Crippen LogP contribution in [0, 0.1) is 0 Å². The van der Waals surface area contributed by atoms with E-state index in [1.54, 1.807) is 6.92 Å². The highest BCUT2D eigenvalue weighted by Gasteiger charge is 2.04. The standard InChI is InChI=1S/C62H121NO18/c1-4-5-6-7-8-29-63-62(65)81-59-58-79-57-56-78-55-54-77-53-52-76-51-50-75-48-26-25-46-73-44-22-21-42-71-40-18-17-38-69-36-14-13-34-67-32-10-9-30-66-31-11-12-33-68-35-15-16-37-70-39-19-20-41-72-43-23-24-45-74-47-27-28-49-80-61(64)60(2)3/h2,4-59H2,1,3H3,(H,63,65). The molecule has 0 spiro atoms. The molecule has 81 heavy (non-hydrogen) atoms. The Labute approximate surface area is 492 Å². The van der Waals surface area contributed by atoms with Crippen molar-refractivity contribution in [1.82, 2.24) is 5.32 Å². The number of amides is 1. The van der Waals surface area contributed by atoms with Crippen molar-refractivity contribution in [2.24, 2.45) is 0 Å². The van der Waals surface area contributed by atoms with Crippen LogP contribution in [0.3, 0.4) is 0 Å². The summed E-state index contributed by atoms with van der Waals surface area (Å²) >= 11 is 0. The van der Waals surface area contributed by atoms with E-state index >= 15 is 0 Å². The smallest absolute Gasteiger partial charge is 0.407 e. The molecule has 0 heterocycles. The minimum Gasteiger partial charge on any atom is -0.462 e. The minimum atomic E-state index is -0.389. The van der Waals surface area contributed by atoms with Crippen molar-refractivity contribution in [1.29, 1.82) is 0 Å². The number of unbranched alkanes of at least 4 members (excludes halogenated alkanes) is 14. The van der Waals surface area contributed by atoms with Crippen molar-refractivity contribution in [2.45, 2.75) is 174 Å². The maximum Gasteiger partial charge on any atom is 0.407 e. The van der Waals surface area contributed by atoms with Crippen LogP contribution >= 0.6 is 0 Å². The molecule has 1 N–H and O–H groups in total. The van der Waals surface area contributed by atoms with E-state index in [0.29, 0.717) is 91.4 Å². The first-order chi connectivity index (χ1) is 40.1. The van der Waals surface area contributed by atoms with Gasteiger partial charge in [0.25, 0.3) is 0 Å². The van der Waals surface area contributed by atoms with Gasteiger partial charge in [-0.25, -0.2) is 9.59 Å². The second kappa shape index (κ2) is 72.2. The summed E-state index contributed by atoms with van der Waals surface area (Å²) in [6.07, 6.45) is 25.4. The molecular weight excluding hydrogens is 1050 g/mol. The third-order valence-corrected chi connectivity index (χ3v) is 12.2. The van der Waals surface area contributed by atoms with Crippen molar-refractivity contribution in [3.63, 3.8) is 0 Å². The van der Waals surface area contributed by atoms with Crippen molar-refractivity contribution >= 4 is 12.1 Å². The van der Waals surface area contributed by atoms with Gasteiger partial charge in [0.05, 0.1) is 66.1 Å². The summed E-state index contributed by atoms with van der Waals surface area (Å²) in [7, 11) is 0. The maximum atomic E-state index is 11.6. The molecule has 0 saturated carbocycles. The van der Waals surface area contributed by atoms with Gasteiger partial charge in [-0.3, -0.25) is 0 Å². The third kappa shape index (κ3) is 72.1. The van der Waals surface area contributed by atoms with E-state index in [9.17, 15) is 9.59 Å². The lowest BCUT2D eigenvalue weighted by molar-refractivity contribution is -0.139. The van der Waals surface area contributed by atoms with Gasteiger partial charge in [0, 0.05) is 138 Å². The highest BCUT2D eigenvalue weighted by Crippen LogP contribution is 2.04. The minimum absolute atomic E-state index is 0.227. The van der Waals surface area contributed by atoms with E-state index in [0.717, 1.165) is 254 Å². The predicted octanol–water partition coefficient (Wildman–Crippen LogP) is 10.8. The van der Waals surface area contributed by atoms with Crippen molar-refractivity contribution < 1.29 is 85.4 Å². The van der Waals surface area contributed by atoms with E-state index in [-0.39, 0.29) is 18.7 Å². The number of hydrogen-bond donors (Lipinski definition) is 1. The quantitative estimate of drug-likeness (QED) is 0.0343. The SMILES string of the molecule is C=C(C)C(=O)OCCCCOCCCCOCCCCOCCCCOCCCCOCCCCOCCCCOCCCCOCCCCOCCCCOCCOCCOCCOCCOCCOC(=O)NCCCCCCC. The number of hydrogen-bond acceptors (Lipinski definition) is 18. The number of nitrogens with one attached hydrogen (secondary N) is 1. The van der Waals surface area contributed by atoms with Crippen molar-refractivity contribution in [3.05, 3.63) is 12.2 Å². The second-order valence-corrected chi connectivity index (χ2v) is 20.0. The third-order valence-electron chi connectivity index (χ3n) is 12.2. The molecule has 0 aliphatic carbocycles. The Kier molecular flexibility index (Phi) is 70.3. The molecule has 19 nitrogen and oxygen atoms in total. The molecule has 482 valence electrons. The van der Waals surface area contributed by atoms with E-state index in [1.165, 1.54) is 19.3 Å². The lowest BCUT2D eigenvalue weighted by atomic mass is 10.1. The summed E-state index contributed by atoms with van der Waals surface area (Å²) in [5, 5.41) is 2.76. The highest BCUT2D eigenvalue weighted by molar-refractivity contribution is 5.86. The van der Waals surface area contributed by atoms with Gasteiger partial charge in [0.15, 0.2) is 0 Å². The van der Waals surface area contributed by atoms with E-state index in [1.807, 2.05) is 0 Å². The zero-order chi connectivity index (χ0) is 58.4. The summed E-state index contributed by atoms with van der Waals surface area (Å²) < 4.78 is 89.6. The average molecular weight is 1170 g/mol. The van der Waals surface area contributed by atoms with Crippen LogP contribution in [-0.4, -0.2) is 217 Å². The van der Waals surface area contributed by atoms with Crippen LogP contribution in [0.5, 0.6) is 0 Å². The van der Waals surface area contributed by atoms with Crippen LogP contribution in [0.1, 0.15) is 174 Å². The first kappa shape index (κ1) is 78.9. The molecule has 0 unspecified atom stereocenters. The van der Waals surface area contributed by atoms with Gasteiger partial charge in [-0.15, -0.1) is 0 Å². The lowest BCUT2D eigenvalue weighted by Gasteiger charge is -2.09. The van der Waals surface area contributed by atoms with Gasteiger partial charge in [-0.05, 0) is 142 Å². The van der Waals surface area contributed by atoms with E-state index in [4.69, 9.17) is 75.8 Å². The van der Waals surface area contributed by atoms with Crippen molar-refractivity contribution in [3.8, 4) is 0 Å². The summed E-state index contributed by atoms with van der Waals surface area (Å²) in [5.41, 5.74) is 0.433. The zero-order valence-electron chi connectivity index (χ0n) is 51.7. The van der Waals surface area contributed by atoms with Crippen LogP contribution in [0.2, 0.25) is 0 Å². The molecular formula is C62H121NO18. The second-order valence-electron chi connectivity index (χ2n) is 20.0. The van der Waals surface area contributed by atoms with Crippen LogP contribution in [0.4, 0.5) is 4.79 Å². The Morgan fingerprint density at radius 1 is 0.259 bits per heavy atom. The Balaban J connectivity index is 3.11. The van der Waals surface area contributed by atoms with Gasteiger partial charge in [0.1, 0.15) is 6.61 Å². The molecule has 0 aliphatic heterocycles. The molecule has 0 aromatic heterocycles. The molecule has 0 aliphatic rings. The van der Waals surface area contributed by atoms with Crippen LogP contribution in [-0.2, 0) is 80.6 Å².